The van der Waals surface area contributed by atoms with Crippen LogP contribution in [0.5, 0.6) is 0 Å². The maximum Gasteiger partial charge on any atom is 0.317 e. The lowest BCUT2D eigenvalue weighted by Crippen LogP contribution is -2.47. The van der Waals surface area contributed by atoms with Crippen molar-refractivity contribution in [3.8, 4) is 0 Å². The molecule has 1 aliphatic heterocycles. The zero-order chi connectivity index (χ0) is 19.1. The number of rotatable bonds is 7. The SMILES string of the molecule is CN(Cc1ccc(Br)s1)C(=O)NCCCN1CCN(c2ccccc2)CC1. The van der Waals surface area contributed by atoms with E-state index in [9.17, 15) is 4.79 Å². The van der Waals surface area contributed by atoms with Crippen LogP contribution in [0.4, 0.5) is 10.5 Å². The molecule has 0 aliphatic carbocycles. The van der Waals surface area contributed by atoms with Gasteiger partial charge in [-0.25, -0.2) is 4.79 Å². The van der Waals surface area contributed by atoms with Crippen LogP contribution in [0.15, 0.2) is 46.3 Å². The Morgan fingerprint density at radius 2 is 1.89 bits per heavy atom. The molecule has 0 saturated carbocycles. The zero-order valence-electron chi connectivity index (χ0n) is 15.7. The van der Waals surface area contributed by atoms with Crippen molar-refractivity contribution in [3.63, 3.8) is 0 Å². The van der Waals surface area contributed by atoms with Crippen molar-refractivity contribution in [3.05, 3.63) is 51.1 Å². The van der Waals surface area contributed by atoms with Gasteiger partial charge in [0.1, 0.15) is 0 Å². The van der Waals surface area contributed by atoms with Gasteiger partial charge < -0.3 is 15.1 Å². The molecule has 0 unspecified atom stereocenters. The van der Waals surface area contributed by atoms with Gasteiger partial charge >= 0.3 is 6.03 Å². The molecule has 0 spiro atoms. The van der Waals surface area contributed by atoms with Crippen LogP contribution >= 0.6 is 27.3 Å². The van der Waals surface area contributed by atoms with Crippen molar-refractivity contribution in [1.29, 1.82) is 0 Å². The lowest BCUT2D eigenvalue weighted by atomic mass is 10.2. The summed E-state index contributed by atoms with van der Waals surface area (Å²) in [7, 11) is 1.84. The third-order valence-corrected chi connectivity index (χ3v) is 6.40. The van der Waals surface area contributed by atoms with Gasteiger partial charge in [-0.15, -0.1) is 11.3 Å². The van der Waals surface area contributed by atoms with Gasteiger partial charge in [0, 0.05) is 50.3 Å². The molecule has 27 heavy (non-hydrogen) atoms. The quantitative estimate of drug-likeness (QED) is 0.650. The Labute approximate surface area is 174 Å². The van der Waals surface area contributed by atoms with Crippen LogP contribution in [0, 0.1) is 0 Å². The number of nitrogens with one attached hydrogen (secondary N) is 1. The van der Waals surface area contributed by atoms with E-state index in [1.807, 2.05) is 19.2 Å². The van der Waals surface area contributed by atoms with E-state index in [-0.39, 0.29) is 6.03 Å². The van der Waals surface area contributed by atoms with Gasteiger partial charge in [0.25, 0.3) is 0 Å². The molecule has 1 aliphatic rings. The second kappa shape index (κ2) is 10.1. The molecule has 5 nitrogen and oxygen atoms in total. The topological polar surface area (TPSA) is 38.8 Å². The third-order valence-electron chi connectivity index (χ3n) is 4.79. The number of urea groups is 1. The van der Waals surface area contributed by atoms with Crippen molar-refractivity contribution in [2.24, 2.45) is 0 Å². The molecule has 0 radical (unpaired) electrons. The van der Waals surface area contributed by atoms with Crippen molar-refractivity contribution >= 4 is 39.0 Å². The molecule has 0 bridgehead atoms. The molecule has 7 heteroatoms. The molecule has 1 N–H and O–H groups in total. The second-order valence-corrected chi connectivity index (χ2v) is 9.36. The van der Waals surface area contributed by atoms with E-state index >= 15 is 0 Å². The first-order chi connectivity index (χ1) is 13.1. The van der Waals surface area contributed by atoms with Crippen molar-refractivity contribution in [1.82, 2.24) is 15.1 Å². The summed E-state index contributed by atoms with van der Waals surface area (Å²) in [5.74, 6) is 0. The smallest absolute Gasteiger partial charge is 0.317 e. The Balaban J connectivity index is 1.29. The van der Waals surface area contributed by atoms with Crippen molar-refractivity contribution in [2.45, 2.75) is 13.0 Å². The lowest BCUT2D eigenvalue weighted by molar-refractivity contribution is 0.205. The number of hydrogen-bond acceptors (Lipinski definition) is 4. The summed E-state index contributed by atoms with van der Waals surface area (Å²) < 4.78 is 1.10. The predicted octanol–water partition coefficient (Wildman–Crippen LogP) is 3.86. The minimum absolute atomic E-state index is 0.00609. The first kappa shape index (κ1) is 20.2. The third kappa shape index (κ3) is 6.23. The predicted molar refractivity (Wildman–Crippen MR) is 117 cm³/mol. The van der Waals surface area contributed by atoms with E-state index in [4.69, 9.17) is 0 Å². The van der Waals surface area contributed by atoms with Crippen molar-refractivity contribution in [2.75, 3.05) is 51.2 Å². The van der Waals surface area contributed by atoms with Gasteiger partial charge in [-0.1, -0.05) is 18.2 Å². The van der Waals surface area contributed by atoms with E-state index in [1.165, 1.54) is 10.6 Å². The molecule has 3 rings (SSSR count). The fourth-order valence-electron chi connectivity index (χ4n) is 3.24. The van der Waals surface area contributed by atoms with Gasteiger partial charge in [0.15, 0.2) is 0 Å². The highest BCUT2D eigenvalue weighted by molar-refractivity contribution is 9.11. The summed E-state index contributed by atoms with van der Waals surface area (Å²) in [6.07, 6.45) is 0.982. The summed E-state index contributed by atoms with van der Waals surface area (Å²) in [5, 5.41) is 3.03. The summed E-state index contributed by atoms with van der Waals surface area (Å²) in [5.41, 5.74) is 1.31. The molecule has 2 aromatic rings. The summed E-state index contributed by atoms with van der Waals surface area (Å²) in [6, 6.07) is 14.7. The Morgan fingerprint density at radius 3 is 2.56 bits per heavy atom. The largest absolute Gasteiger partial charge is 0.369 e. The van der Waals surface area contributed by atoms with Gasteiger partial charge in [0.05, 0.1) is 10.3 Å². The van der Waals surface area contributed by atoms with Crippen LogP contribution in [0.25, 0.3) is 0 Å². The number of thiophene rings is 1. The molecule has 1 aromatic carbocycles. The van der Waals surface area contributed by atoms with Crippen LogP contribution in [-0.4, -0.2) is 62.1 Å². The van der Waals surface area contributed by atoms with Gasteiger partial charge in [-0.3, -0.25) is 4.90 Å². The molecule has 2 heterocycles. The number of amides is 2. The minimum atomic E-state index is -0.00609. The molecule has 1 aromatic heterocycles. The number of anilines is 1. The number of carbonyl (C=O) groups is 1. The van der Waals surface area contributed by atoms with Crippen LogP contribution in [-0.2, 0) is 6.54 Å². The van der Waals surface area contributed by atoms with E-state index in [0.717, 1.165) is 49.5 Å². The first-order valence-corrected chi connectivity index (χ1v) is 11.0. The molecular weight excluding hydrogens is 424 g/mol. The average Bonchev–Trinajstić information content (AvgIpc) is 3.11. The average molecular weight is 451 g/mol. The van der Waals surface area contributed by atoms with Crippen LogP contribution in [0.2, 0.25) is 0 Å². The van der Waals surface area contributed by atoms with Crippen LogP contribution in [0.1, 0.15) is 11.3 Å². The number of halogens is 1. The number of benzene rings is 1. The minimum Gasteiger partial charge on any atom is -0.369 e. The number of hydrogen-bond donors (Lipinski definition) is 1. The van der Waals surface area contributed by atoms with Crippen LogP contribution in [0.3, 0.4) is 0 Å². The van der Waals surface area contributed by atoms with E-state index in [0.29, 0.717) is 6.54 Å². The molecule has 2 amide bonds. The van der Waals surface area contributed by atoms with Gasteiger partial charge in [0.2, 0.25) is 0 Å². The number of para-hydroxylation sites is 1. The Bertz CT molecular complexity index is 716. The fourth-order valence-corrected chi connectivity index (χ4v) is 4.78. The molecular formula is C20H27BrN4OS. The maximum atomic E-state index is 12.2. The van der Waals surface area contributed by atoms with E-state index in [2.05, 4.69) is 61.4 Å². The van der Waals surface area contributed by atoms with E-state index < -0.39 is 0 Å². The Kier molecular flexibility index (Phi) is 7.55. The Morgan fingerprint density at radius 1 is 1.15 bits per heavy atom. The highest BCUT2D eigenvalue weighted by Crippen LogP contribution is 2.23. The number of nitrogens with zero attached hydrogens (tertiary/aromatic N) is 3. The Hall–Kier alpha value is -1.57. The number of carbonyl (C=O) groups excluding carboxylic acids is 1. The highest BCUT2D eigenvalue weighted by atomic mass is 79.9. The van der Waals surface area contributed by atoms with E-state index in [1.54, 1.807) is 16.2 Å². The van der Waals surface area contributed by atoms with Gasteiger partial charge in [-0.05, 0) is 53.2 Å². The maximum absolute atomic E-state index is 12.2. The fraction of sp³-hybridized carbons (Fsp3) is 0.450. The molecule has 146 valence electrons. The molecule has 1 fully saturated rings. The van der Waals surface area contributed by atoms with Gasteiger partial charge in [-0.2, -0.15) is 0 Å². The summed E-state index contributed by atoms with van der Waals surface area (Å²) in [6.45, 7) is 6.68. The van der Waals surface area contributed by atoms with Crippen molar-refractivity contribution < 1.29 is 4.79 Å². The monoisotopic (exact) mass is 450 g/mol. The standard InChI is InChI=1S/C20H27BrN4OS/c1-23(16-18-8-9-19(21)27-18)20(26)22-10-5-11-24-12-14-25(15-13-24)17-6-3-2-4-7-17/h2-4,6-9H,5,10-16H2,1H3,(H,22,26). The number of piperazine rings is 1. The lowest BCUT2D eigenvalue weighted by Gasteiger charge is -2.36. The first-order valence-electron chi connectivity index (χ1n) is 9.37. The highest BCUT2D eigenvalue weighted by Gasteiger charge is 2.16. The van der Waals surface area contributed by atoms with Crippen LogP contribution < -0.4 is 10.2 Å². The summed E-state index contributed by atoms with van der Waals surface area (Å²) >= 11 is 5.12. The summed E-state index contributed by atoms with van der Waals surface area (Å²) in [4.78, 5) is 20.0. The normalized spacial score (nSPS) is 15.0. The zero-order valence-corrected chi connectivity index (χ0v) is 18.1. The molecule has 0 atom stereocenters. The second-order valence-electron chi connectivity index (χ2n) is 6.81. The molecule has 1 saturated heterocycles.